The second-order valence-electron chi connectivity index (χ2n) is 8.44. The molecule has 0 bridgehead atoms. The van der Waals surface area contributed by atoms with Crippen LogP contribution in [0.2, 0.25) is 15.1 Å². The molecule has 0 atom stereocenters. The van der Waals surface area contributed by atoms with E-state index in [1.165, 1.54) is 6.21 Å². The van der Waals surface area contributed by atoms with Crippen LogP contribution in [0, 0.1) is 6.92 Å². The number of carbonyl (C=O) groups excluding carboxylic acids is 2. The molecule has 0 radical (unpaired) electrons. The van der Waals surface area contributed by atoms with Crippen LogP contribution < -0.4 is 20.2 Å². The Bertz CT molecular complexity index is 1390. The molecule has 0 aliphatic rings. The van der Waals surface area contributed by atoms with Crippen LogP contribution >= 0.6 is 34.8 Å². The standard InChI is InChI=1S/C29H28Cl3N3O4/c1-4-6-20-11-19(12-26(38-5-2)29(20)39-17-21-8-9-22(30)13-25(21)32)16-33-35-28(37)15-27(36)34-23-10-7-18(3)24(31)14-23/h4,7-14,16H,1,5-6,15,17H2,2-3H3,(H,34,36)(H,35,37). The van der Waals surface area contributed by atoms with Crippen molar-refractivity contribution in [1.82, 2.24) is 5.43 Å². The smallest absolute Gasteiger partial charge is 0.249 e. The van der Waals surface area contributed by atoms with E-state index in [4.69, 9.17) is 44.3 Å². The molecule has 0 saturated carbocycles. The second kappa shape index (κ2) is 14.6. The predicted molar refractivity (Wildman–Crippen MR) is 157 cm³/mol. The van der Waals surface area contributed by atoms with Crippen molar-refractivity contribution >= 4 is 58.5 Å². The predicted octanol–water partition coefficient (Wildman–Crippen LogP) is 7.14. The highest BCUT2D eigenvalue weighted by molar-refractivity contribution is 6.35. The van der Waals surface area contributed by atoms with Gasteiger partial charge in [-0.3, -0.25) is 9.59 Å². The Labute approximate surface area is 242 Å². The van der Waals surface area contributed by atoms with Crippen LogP contribution in [0.4, 0.5) is 5.69 Å². The van der Waals surface area contributed by atoms with E-state index in [0.29, 0.717) is 50.8 Å². The van der Waals surface area contributed by atoms with Crippen LogP contribution in [0.1, 0.15) is 35.6 Å². The number of rotatable bonds is 12. The molecule has 7 nitrogen and oxygen atoms in total. The van der Waals surface area contributed by atoms with Gasteiger partial charge in [0, 0.05) is 31.9 Å². The summed E-state index contributed by atoms with van der Waals surface area (Å²) in [7, 11) is 0. The molecule has 0 aliphatic heterocycles. The molecule has 2 N–H and O–H groups in total. The number of carbonyl (C=O) groups is 2. The number of aryl methyl sites for hydroxylation is 1. The molecule has 3 aromatic rings. The van der Waals surface area contributed by atoms with Gasteiger partial charge in [-0.15, -0.1) is 6.58 Å². The fraction of sp³-hybridized carbons (Fsp3) is 0.207. The number of amides is 2. The highest BCUT2D eigenvalue weighted by Crippen LogP contribution is 2.35. The van der Waals surface area contributed by atoms with E-state index in [1.54, 1.807) is 48.5 Å². The summed E-state index contributed by atoms with van der Waals surface area (Å²) in [6, 6.07) is 13.9. The molecular weight excluding hydrogens is 561 g/mol. The third-order valence-corrected chi connectivity index (χ3v) is 6.38. The number of ether oxygens (including phenoxy) is 2. The van der Waals surface area contributed by atoms with Crippen LogP contribution in [0.3, 0.4) is 0 Å². The fourth-order valence-electron chi connectivity index (χ4n) is 3.52. The number of nitrogens with one attached hydrogen (secondary N) is 2. The minimum absolute atomic E-state index is 0.209. The summed E-state index contributed by atoms with van der Waals surface area (Å²) in [5, 5.41) is 8.20. The van der Waals surface area contributed by atoms with Gasteiger partial charge >= 0.3 is 0 Å². The number of halogens is 3. The number of hydrogen-bond acceptors (Lipinski definition) is 5. The van der Waals surface area contributed by atoms with Crippen molar-refractivity contribution in [3.63, 3.8) is 0 Å². The van der Waals surface area contributed by atoms with Gasteiger partial charge in [-0.1, -0.05) is 53.0 Å². The summed E-state index contributed by atoms with van der Waals surface area (Å²) in [5.41, 5.74) is 6.00. The molecule has 0 aliphatic carbocycles. The first-order valence-corrected chi connectivity index (χ1v) is 13.2. The van der Waals surface area contributed by atoms with Gasteiger partial charge in [0.2, 0.25) is 11.8 Å². The van der Waals surface area contributed by atoms with Crippen molar-refractivity contribution in [1.29, 1.82) is 0 Å². The largest absolute Gasteiger partial charge is 0.490 e. The summed E-state index contributed by atoms with van der Waals surface area (Å²) in [4.78, 5) is 24.4. The van der Waals surface area contributed by atoms with Crippen LogP contribution in [0.5, 0.6) is 11.5 Å². The number of hydrazone groups is 1. The molecule has 0 aromatic heterocycles. The van der Waals surface area contributed by atoms with E-state index in [-0.39, 0.29) is 6.61 Å². The second-order valence-corrected chi connectivity index (χ2v) is 9.69. The molecule has 0 saturated heterocycles. The highest BCUT2D eigenvalue weighted by Gasteiger charge is 2.15. The zero-order valence-electron chi connectivity index (χ0n) is 21.5. The lowest BCUT2D eigenvalue weighted by Crippen LogP contribution is -2.24. The number of benzene rings is 3. The lowest BCUT2D eigenvalue weighted by molar-refractivity contribution is -0.126. The van der Waals surface area contributed by atoms with Gasteiger partial charge in [-0.25, -0.2) is 5.43 Å². The third kappa shape index (κ3) is 9.03. The highest BCUT2D eigenvalue weighted by atomic mass is 35.5. The van der Waals surface area contributed by atoms with Crippen LogP contribution in [-0.2, 0) is 22.6 Å². The van der Waals surface area contributed by atoms with Crippen molar-refractivity contribution in [3.8, 4) is 11.5 Å². The monoisotopic (exact) mass is 587 g/mol. The molecule has 204 valence electrons. The van der Waals surface area contributed by atoms with E-state index in [0.717, 1.165) is 16.7 Å². The average Bonchev–Trinajstić information content (AvgIpc) is 2.87. The first-order chi connectivity index (χ1) is 18.7. The quantitative estimate of drug-likeness (QED) is 0.102. The van der Waals surface area contributed by atoms with Gasteiger partial charge in [0.1, 0.15) is 13.0 Å². The molecule has 2 amide bonds. The first kappa shape index (κ1) is 30.0. The van der Waals surface area contributed by atoms with Crippen LogP contribution in [-0.4, -0.2) is 24.6 Å². The summed E-state index contributed by atoms with van der Waals surface area (Å²) in [6.45, 7) is 8.17. The number of nitrogens with zero attached hydrogens (tertiary/aromatic N) is 1. The Morgan fingerprint density at radius 1 is 0.974 bits per heavy atom. The van der Waals surface area contributed by atoms with E-state index >= 15 is 0 Å². The normalized spacial score (nSPS) is 10.8. The summed E-state index contributed by atoms with van der Waals surface area (Å²) < 4.78 is 11.9. The summed E-state index contributed by atoms with van der Waals surface area (Å²) >= 11 is 18.4. The lowest BCUT2D eigenvalue weighted by atomic mass is 10.1. The molecule has 3 aromatic carbocycles. The van der Waals surface area contributed by atoms with Gasteiger partial charge in [-0.2, -0.15) is 5.10 Å². The maximum atomic E-state index is 12.2. The van der Waals surface area contributed by atoms with Crippen LogP contribution in [0.15, 0.2) is 66.3 Å². The molecule has 0 spiro atoms. The molecule has 0 unspecified atom stereocenters. The average molecular weight is 589 g/mol. The van der Waals surface area contributed by atoms with Crippen molar-refractivity contribution in [2.75, 3.05) is 11.9 Å². The molecular formula is C29H28Cl3N3O4. The Hall–Kier alpha value is -3.52. The van der Waals surface area contributed by atoms with Crippen molar-refractivity contribution in [2.45, 2.75) is 33.3 Å². The summed E-state index contributed by atoms with van der Waals surface area (Å²) in [6.07, 6.45) is 3.30. The Kier molecular flexibility index (Phi) is 11.2. The van der Waals surface area contributed by atoms with Crippen molar-refractivity contribution < 1.29 is 19.1 Å². The third-order valence-electron chi connectivity index (χ3n) is 5.38. The molecule has 0 heterocycles. The molecule has 10 heteroatoms. The maximum Gasteiger partial charge on any atom is 0.249 e. The lowest BCUT2D eigenvalue weighted by Gasteiger charge is -2.17. The maximum absolute atomic E-state index is 12.2. The topological polar surface area (TPSA) is 89.0 Å². The van der Waals surface area contributed by atoms with Gasteiger partial charge in [0.15, 0.2) is 11.5 Å². The number of allylic oxidation sites excluding steroid dienone is 1. The zero-order chi connectivity index (χ0) is 28.4. The van der Waals surface area contributed by atoms with Gasteiger partial charge in [0.05, 0.1) is 12.8 Å². The van der Waals surface area contributed by atoms with Crippen molar-refractivity contribution in [2.24, 2.45) is 5.10 Å². The van der Waals surface area contributed by atoms with Crippen LogP contribution in [0.25, 0.3) is 0 Å². The molecule has 0 fully saturated rings. The molecule has 3 rings (SSSR count). The first-order valence-electron chi connectivity index (χ1n) is 12.0. The summed E-state index contributed by atoms with van der Waals surface area (Å²) in [5.74, 6) is -0.00223. The SMILES string of the molecule is C=CCc1cc(C=NNC(=O)CC(=O)Nc2ccc(C)c(Cl)c2)cc(OCC)c1OCc1ccc(Cl)cc1Cl. The Balaban J connectivity index is 1.68. The zero-order valence-corrected chi connectivity index (χ0v) is 23.8. The van der Waals surface area contributed by atoms with Gasteiger partial charge < -0.3 is 14.8 Å². The number of anilines is 1. The van der Waals surface area contributed by atoms with Crippen molar-refractivity contribution in [3.05, 3.63) is 98.5 Å². The van der Waals surface area contributed by atoms with E-state index in [1.807, 2.05) is 19.9 Å². The minimum atomic E-state index is -0.571. The van der Waals surface area contributed by atoms with Gasteiger partial charge in [0.25, 0.3) is 0 Å². The fourth-order valence-corrected chi connectivity index (χ4v) is 4.16. The van der Waals surface area contributed by atoms with E-state index < -0.39 is 18.2 Å². The Morgan fingerprint density at radius 2 is 1.77 bits per heavy atom. The number of hydrogen-bond donors (Lipinski definition) is 2. The van der Waals surface area contributed by atoms with E-state index in [2.05, 4.69) is 22.4 Å². The minimum Gasteiger partial charge on any atom is -0.490 e. The Morgan fingerprint density at radius 3 is 2.46 bits per heavy atom. The van der Waals surface area contributed by atoms with E-state index in [9.17, 15) is 9.59 Å². The molecule has 39 heavy (non-hydrogen) atoms. The van der Waals surface area contributed by atoms with Gasteiger partial charge in [-0.05, 0) is 67.8 Å².